The molecular weight excluding hydrogens is 258 g/mol. The molecule has 0 aromatic rings. The Morgan fingerprint density at radius 3 is 2.58 bits per heavy atom. The number of nitrogens with zero attached hydrogens (tertiary/aromatic N) is 2. The van der Waals surface area contributed by atoms with E-state index in [4.69, 9.17) is 9.84 Å². The van der Waals surface area contributed by atoms with Gasteiger partial charge in [0.1, 0.15) is 0 Å². The molecule has 0 aromatic carbocycles. The van der Waals surface area contributed by atoms with Crippen molar-refractivity contribution in [1.82, 2.24) is 9.80 Å². The number of hydrogen-bond donors (Lipinski definition) is 1. The highest BCUT2D eigenvalue weighted by atomic mass is 19.3. The molecule has 2 aliphatic heterocycles. The third-order valence-corrected chi connectivity index (χ3v) is 3.93. The summed E-state index contributed by atoms with van der Waals surface area (Å²) in [7, 11) is 0. The predicted octanol–water partition coefficient (Wildman–Crippen LogP) is 1.34. The first-order chi connectivity index (χ1) is 9.08. The van der Waals surface area contributed by atoms with Gasteiger partial charge < -0.3 is 14.7 Å². The van der Waals surface area contributed by atoms with Gasteiger partial charge in [-0.15, -0.1) is 0 Å². The highest BCUT2D eigenvalue weighted by Crippen LogP contribution is 2.22. The molecule has 0 bridgehead atoms. The van der Waals surface area contributed by atoms with Gasteiger partial charge in [-0.25, -0.2) is 13.6 Å². The highest BCUT2D eigenvalue weighted by molar-refractivity contribution is 5.65. The van der Waals surface area contributed by atoms with E-state index in [1.807, 2.05) is 0 Å². The average molecular weight is 278 g/mol. The van der Waals surface area contributed by atoms with Crippen molar-refractivity contribution in [2.75, 3.05) is 39.4 Å². The molecule has 19 heavy (non-hydrogen) atoms. The molecule has 1 unspecified atom stereocenters. The Morgan fingerprint density at radius 1 is 1.32 bits per heavy atom. The van der Waals surface area contributed by atoms with Gasteiger partial charge in [-0.3, -0.25) is 4.90 Å². The van der Waals surface area contributed by atoms with Crippen LogP contribution in [-0.4, -0.2) is 72.9 Å². The summed E-state index contributed by atoms with van der Waals surface area (Å²) < 4.78 is 31.4. The number of halogens is 2. The summed E-state index contributed by atoms with van der Waals surface area (Å²) in [6.07, 6.45) is -1.83. The van der Waals surface area contributed by atoms with E-state index in [1.54, 1.807) is 4.90 Å². The van der Waals surface area contributed by atoms with Crippen molar-refractivity contribution in [1.29, 1.82) is 0 Å². The van der Waals surface area contributed by atoms with Crippen molar-refractivity contribution < 1.29 is 23.4 Å². The van der Waals surface area contributed by atoms with Crippen molar-refractivity contribution in [3.63, 3.8) is 0 Å². The summed E-state index contributed by atoms with van der Waals surface area (Å²) in [4.78, 5) is 13.7. The van der Waals surface area contributed by atoms with Crippen molar-refractivity contribution in [2.45, 2.75) is 25.3 Å². The van der Waals surface area contributed by atoms with Crippen LogP contribution in [0, 0.1) is 5.92 Å². The monoisotopic (exact) mass is 278 g/mol. The molecule has 2 rings (SSSR count). The highest BCUT2D eigenvalue weighted by Gasteiger charge is 2.36. The Bertz CT molecular complexity index is 311. The molecule has 0 saturated carbocycles. The number of carbonyl (C=O) groups is 1. The SMILES string of the molecule is O=C(O)N1CCN(CC2CCOCC2)C(C(F)F)C1. The summed E-state index contributed by atoms with van der Waals surface area (Å²) in [6, 6.07) is -0.979. The zero-order valence-corrected chi connectivity index (χ0v) is 10.8. The Balaban J connectivity index is 1.92. The number of amides is 1. The van der Waals surface area contributed by atoms with Gasteiger partial charge in [0.25, 0.3) is 6.43 Å². The second kappa shape index (κ2) is 6.47. The number of piperazine rings is 1. The molecule has 7 heteroatoms. The maximum absolute atomic E-state index is 13.1. The molecule has 1 amide bonds. The van der Waals surface area contributed by atoms with Crippen LogP contribution < -0.4 is 0 Å². The van der Waals surface area contributed by atoms with E-state index < -0.39 is 18.6 Å². The summed E-state index contributed by atoms with van der Waals surface area (Å²) in [5, 5.41) is 8.89. The number of hydrogen-bond acceptors (Lipinski definition) is 3. The van der Waals surface area contributed by atoms with E-state index in [0.29, 0.717) is 38.8 Å². The van der Waals surface area contributed by atoms with Gasteiger partial charge in [0.15, 0.2) is 0 Å². The average Bonchev–Trinajstić information content (AvgIpc) is 2.39. The fraction of sp³-hybridized carbons (Fsp3) is 0.917. The number of rotatable bonds is 3. The Hall–Kier alpha value is -0.950. The molecule has 0 aliphatic carbocycles. The largest absolute Gasteiger partial charge is 0.465 e. The lowest BCUT2D eigenvalue weighted by Gasteiger charge is -2.41. The van der Waals surface area contributed by atoms with Crippen molar-refractivity contribution in [3.05, 3.63) is 0 Å². The zero-order chi connectivity index (χ0) is 13.8. The van der Waals surface area contributed by atoms with Crippen LogP contribution in [0.1, 0.15) is 12.8 Å². The summed E-state index contributed by atoms with van der Waals surface area (Å²) in [6.45, 7) is 2.60. The Kier molecular flexibility index (Phi) is 4.93. The van der Waals surface area contributed by atoms with Crippen LogP contribution >= 0.6 is 0 Å². The molecule has 2 aliphatic rings. The van der Waals surface area contributed by atoms with Gasteiger partial charge in [-0.05, 0) is 18.8 Å². The predicted molar refractivity (Wildman–Crippen MR) is 64.5 cm³/mol. The van der Waals surface area contributed by atoms with Gasteiger partial charge in [-0.1, -0.05) is 0 Å². The lowest BCUT2D eigenvalue weighted by atomic mass is 9.98. The number of alkyl halides is 2. The minimum atomic E-state index is -2.51. The van der Waals surface area contributed by atoms with Crippen LogP contribution in [0.25, 0.3) is 0 Å². The Labute approximate surface area is 111 Å². The van der Waals surface area contributed by atoms with Crippen molar-refractivity contribution >= 4 is 6.09 Å². The minimum Gasteiger partial charge on any atom is -0.465 e. The van der Waals surface area contributed by atoms with E-state index in [0.717, 1.165) is 17.7 Å². The first kappa shape index (κ1) is 14.5. The van der Waals surface area contributed by atoms with Crippen molar-refractivity contribution in [3.8, 4) is 0 Å². The second-order valence-electron chi connectivity index (χ2n) is 5.18. The molecule has 0 aromatic heterocycles. The Morgan fingerprint density at radius 2 is 2.00 bits per heavy atom. The molecule has 0 radical (unpaired) electrons. The van der Waals surface area contributed by atoms with Crippen LogP contribution in [0.3, 0.4) is 0 Å². The summed E-state index contributed by atoms with van der Waals surface area (Å²) in [5.74, 6) is 0.381. The third-order valence-electron chi connectivity index (χ3n) is 3.93. The van der Waals surface area contributed by atoms with E-state index in [1.165, 1.54) is 0 Å². The number of ether oxygens (including phenoxy) is 1. The van der Waals surface area contributed by atoms with Crippen molar-refractivity contribution in [2.24, 2.45) is 5.92 Å². The van der Waals surface area contributed by atoms with Gasteiger partial charge in [0, 0.05) is 39.4 Å². The van der Waals surface area contributed by atoms with Gasteiger partial charge >= 0.3 is 6.09 Å². The van der Waals surface area contributed by atoms with Crippen LogP contribution in [0.4, 0.5) is 13.6 Å². The summed E-state index contributed by atoms with van der Waals surface area (Å²) in [5.41, 5.74) is 0. The fourth-order valence-corrected chi connectivity index (χ4v) is 2.75. The zero-order valence-electron chi connectivity index (χ0n) is 10.8. The van der Waals surface area contributed by atoms with Gasteiger partial charge in [-0.2, -0.15) is 0 Å². The maximum Gasteiger partial charge on any atom is 0.407 e. The van der Waals surface area contributed by atoms with E-state index >= 15 is 0 Å². The first-order valence-electron chi connectivity index (χ1n) is 6.65. The smallest absolute Gasteiger partial charge is 0.407 e. The molecular formula is C12H20F2N2O3. The molecule has 2 saturated heterocycles. The van der Waals surface area contributed by atoms with Gasteiger partial charge in [0.2, 0.25) is 0 Å². The third kappa shape index (κ3) is 3.76. The quantitative estimate of drug-likeness (QED) is 0.846. The molecule has 0 spiro atoms. The van der Waals surface area contributed by atoms with E-state index in [9.17, 15) is 13.6 Å². The number of carboxylic acid groups (broad SMARTS) is 1. The lowest BCUT2D eigenvalue weighted by molar-refractivity contribution is -0.0344. The maximum atomic E-state index is 13.1. The standard InChI is InChI=1S/C12H20F2N2O3/c13-11(14)10-8-16(12(17)18)4-3-15(10)7-9-1-5-19-6-2-9/h9-11H,1-8H2,(H,17,18). The van der Waals surface area contributed by atoms with Crippen LogP contribution in [-0.2, 0) is 4.74 Å². The molecule has 1 atom stereocenters. The summed E-state index contributed by atoms with van der Waals surface area (Å²) >= 11 is 0. The normalized spacial score (nSPS) is 26.9. The molecule has 5 nitrogen and oxygen atoms in total. The molecule has 110 valence electrons. The molecule has 1 N–H and O–H groups in total. The van der Waals surface area contributed by atoms with Crippen LogP contribution in [0.15, 0.2) is 0 Å². The first-order valence-corrected chi connectivity index (χ1v) is 6.65. The van der Waals surface area contributed by atoms with Crippen LogP contribution in [0.5, 0.6) is 0 Å². The topological polar surface area (TPSA) is 53.0 Å². The van der Waals surface area contributed by atoms with Gasteiger partial charge in [0.05, 0.1) is 6.04 Å². The fourth-order valence-electron chi connectivity index (χ4n) is 2.75. The van der Waals surface area contributed by atoms with Crippen LogP contribution in [0.2, 0.25) is 0 Å². The van der Waals surface area contributed by atoms with E-state index in [2.05, 4.69) is 0 Å². The lowest BCUT2D eigenvalue weighted by Crippen LogP contribution is -2.58. The second-order valence-corrected chi connectivity index (χ2v) is 5.18. The van der Waals surface area contributed by atoms with E-state index in [-0.39, 0.29) is 6.54 Å². The minimum absolute atomic E-state index is 0.101. The molecule has 2 fully saturated rings. The molecule has 2 heterocycles.